The van der Waals surface area contributed by atoms with Crippen molar-refractivity contribution in [3.8, 4) is 11.1 Å². The second-order valence-corrected chi connectivity index (χ2v) is 19.5. The Morgan fingerprint density at radius 2 is 1.18 bits per heavy atom. The molecule has 0 saturated carbocycles. The number of hydrogen-bond donors (Lipinski definition) is 0. The van der Waals surface area contributed by atoms with Crippen molar-refractivity contribution in [3.63, 3.8) is 0 Å². The average Bonchev–Trinajstić information content (AvgIpc) is 3.99. The number of aryl methyl sites for hydroxylation is 1. The summed E-state index contributed by atoms with van der Waals surface area (Å²) in [7, 11) is 0. The van der Waals surface area contributed by atoms with Crippen molar-refractivity contribution in [2.45, 2.75) is 39.0 Å². The monoisotopic (exact) mass is 851 g/mol. The lowest BCUT2D eigenvalue weighted by atomic mass is 9.79. The van der Waals surface area contributed by atoms with E-state index in [4.69, 9.17) is 4.42 Å². The third-order valence-electron chi connectivity index (χ3n) is 14.4. The number of anilines is 3. The number of para-hydroxylation sites is 1. The van der Waals surface area contributed by atoms with Gasteiger partial charge in [-0.1, -0.05) is 172 Å². The van der Waals surface area contributed by atoms with Gasteiger partial charge in [-0.15, -0.1) is 11.3 Å². The number of benzene rings is 10. The van der Waals surface area contributed by atoms with E-state index in [1.165, 1.54) is 96.8 Å². The van der Waals surface area contributed by atoms with Gasteiger partial charge in [0, 0.05) is 58.9 Å². The number of furan rings is 1. The van der Waals surface area contributed by atoms with E-state index < -0.39 is 0 Å². The number of allylic oxidation sites excluding steroid dienone is 1. The highest BCUT2D eigenvalue weighted by Gasteiger charge is 2.42. The van der Waals surface area contributed by atoms with Crippen molar-refractivity contribution in [1.82, 2.24) is 0 Å². The zero-order valence-electron chi connectivity index (χ0n) is 36.8. The molecule has 0 radical (unpaired) electrons. The molecule has 1 atom stereocenters. The smallest absolute Gasteiger partial charge is 0.144 e. The van der Waals surface area contributed by atoms with Crippen LogP contribution in [0.2, 0.25) is 0 Å². The number of fused-ring (bicyclic) bond motifs is 16. The lowest BCUT2D eigenvalue weighted by Crippen LogP contribution is -2.16. The number of hydrogen-bond acceptors (Lipinski definition) is 3. The van der Waals surface area contributed by atoms with E-state index in [0.717, 1.165) is 33.6 Å². The molecular formula is C62H45NOS. The lowest BCUT2D eigenvalue weighted by molar-refractivity contribution is 0.657. The van der Waals surface area contributed by atoms with Crippen molar-refractivity contribution in [1.29, 1.82) is 0 Å². The second kappa shape index (κ2) is 14.3. The SMILES string of the molecule is Cc1c(/C=C\[C@H](C)c2ccc3c(c2)oc2c4c(c5ccccc5c23)C(C)(C)c2cccc(N(c3ccccc3)c3ccc5c(c3)sc3ccccc35)c2-4)c2ccccc2c2ccccc12. The summed E-state index contributed by atoms with van der Waals surface area (Å²) >= 11 is 1.86. The Hall–Kier alpha value is -7.46. The Bertz CT molecular complexity index is 3960. The van der Waals surface area contributed by atoms with Gasteiger partial charge in [-0.25, -0.2) is 0 Å². The molecule has 13 rings (SSSR count). The highest BCUT2D eigenvalue weighted by atomic mass is 32.1. The van der Waals surface area contributed by atoms with Gasteiger partial charge in [0.1, 0.15) is 11.2 Å². The molecule has 10 aromatic carbocycles. The maximum absolute atomic E-state index is 7.33. The highest BCUT2D eigenvalue weighted by molar-refractivity contribution is 7.25. The van der Waals surface area contributed by atoms with Gasteiger partial charge in [0.25, 0.3) is 0 Å². The van der Waals surface area contributed by atoms with Gasteiger partial charge in [-0.3, -0.25) is 0 Å². The fraction of sp³-hybridized carbons (Fsp3) is 0.0968. The van der Waals surface area contributed by atoms with E-state index >= 15 is 0 Å². The van der Waals surface area contributed by atoms with Crippen LogP contribution in [-0.4, -0.2) is 0 Å². The predicted octanol–water partition coefficient (Wildman–Crippen LogP) is 18.3. The van der Waals surface area contributed by atoms with Gasteiger partial charge in [0.05, 0.1) is 5.69 Å². The van der Waals surface area contributed by atoms with Crippen molar-refractivity contribution in [2.24, 2.45) is 0 Å². The third kappa shape index (κ3) is 5.58. The summed E-state index contributed by atoms with van der Waals surface area (Å²) in [5.74, 6) is 0.156. The van der Waals surface area contributed by atoms with Crippen molar-refractivity contribution >= 4 is 109 Å². The van der Waals surface area contributed by atoms with Gasteiger partial charge in [-0.2, -0.15) is 0 Å². The normalized spacial score (nSPS) is 13.8. The van der Waals surface area contributed by atoms with Crippen molar-refractivity contribution in [3.05, 3.63) is 216 Å². The first kappa shape index (κ1) is 38.0. The fourth-order valence-electron chi connectivity index (χ4n) is 11.3. The van der Waals surface area contributed by atoms with Crippen LogP contribution < -0.4 is 4.90 Å². The van der Waals surface area contributed by atoms with Gasteiger partial charge in [-0.05, 0) is 115 Å². The Morgan fingerprint density at radius 1 is 0.538 bits per heavy atom. The van der Waals surface area contributed by atoms with Crippen LogP contribution in [0.4, 0.5) is 17.1 Å². The van der Waals surface area contributed by atoms with Gasteiger partial charge in [0.15, 0.2) is 0 Å². The standard InChI is InChI=1S/C62H45NOS/c1-37(29-32-43-38(2)42-19-8-9-20-44(42)46-22-11-10-21-45(43)46)39-30-33-51-54(35-39)64-61-57(51)49-24-12-13-25-50(49)60-59(61)58-52(62(60,3)4)26-16-27-53(58)63(40-17-6-5-7-18-40)41-31-34-48-47-23-14-15-28-55(47)65-56(48)36-41/h5-37H,1-4H3/b32-29-/t37-/m0/s1. The lowest BCUT2D eigenvalue weighted by Gasteiger charge is -2.28. The molecular weight excluding hydrogens is 807 g/mol. The van der Waals surface area contributed by atoms with Gasteiger partial charge < -0.3 is 9.32 Å². The van der Waals surface area contributed by atoms with E-state index in [-0.39, 0.29) is 11.3 Å². The minimum atomic E-state index is -0.291. The molecule has 0 saturated heterocycles. The zero-order chi connectivity index (χ0) is 43.6. The average molecular weight is 852 g/mol. The summed E-state index contributed by atoms with van der Waals surface area (Å²) in [6, 6.07) is 67.0. The number of rotatable bonds is 6. The fourth-order valence-corrected chi connectivity index (χ4v) is 12.4. The Morgan fingerprint density at radius 3 is 1.98 bits per heavy atom. The maximum atomic E-state index is 7.33. The molecule has 0 aliphatic heterocycles. The van der Waals surface area contributed by atoms with E-state index in [9.17, 15) is 0 Å². The first-order valence-electron chi connectivity index (χ1n) is 22.7. The largest absolute Gasteiger partial charge is 0.455 e. The molecule has 65 heavy (non-hydrogen) atoms. The molecule has 1 aliphatic rings. The molecule has 0 fully saturated rings. The van der Waals surface area contributed by atoms with Gasteiger partial charge >= 0.3 is 0 Å². The molecule has 0 unspecified atom stereocenters. The minimum absolute atomic E-state index is 0.156. The predicted molar refractivity (Wildman–Crippen MR) is 280 cm³/mol. The van der Waals surface area contributed by atoms with Gasteiger partial charge in [0.2, 0.25) is 0 Å². The molecule has 310 valence electrons. The molecule has 0 spiro atoms. The van der Waals surface area contributed by atoms with Crippen LogP contribution in [0.3, 0.4) is 0 Å². The van der Waals surface area contributed by atoms with E-state index in [0.29, 0.717) is 0 Å². The van der Waals surface area contributed by atoms with Crippen LogP contribution in [0, 0.1) is 6.92 Å². The summed E-state index contributed by atoms with van der Waals surface area (Å²) in [4.78, 5) is 2.46. The summed E-state index contributed by atoms with van der Waals surface area (Å²) in [5, 5.41) is 12.6. The van der Waals surface area contributed by atoms with Crippen LogP contribution in [0.15, 0.2) is 192 Å². The molecule has 2 nitrogen and oxygen atoms in total. The molecule has 2 heterocycles. The summed E-state index contributed by atoms with van der Waals surface area (Å²) in [6.45, 7) is 9.34. The summed E-state index contributed by atoms with van der Waals surface area (Å²) in [6.07, 6.45) is 4.70. The molecule has 0 N–H and O–H groups in total. The minimum Gasteiger partial charge on any atom is -0.455 e. The van der Waals surface area contributed by atoms with Crippen LogP contribution in [0.1, 0.15) is 54.5 Å². The quantitative estimate of drug-likeness (QED) is 0.155. The molecule has 1 aliphatic carbocycles. The number of thiophene rings is 1. The first-order chi connectivity index (χ1) is 31.8. The molecule has 12 aromatic rings. The molecule has 0 bridgehead atoms. The van der Waals surface area contributed by atoms with Crippen LogP contribution in [-0.2, 0) is 5.41 Å². The van der Waals surface area contributed by atoms with E-state index in [1.807, 2.05) is 11.3 Å². The van der Waals surface area contributed by atoms with E-state index in [1.54, 1.807) is 0 Å². The van der Waals surface area contributed by atoms with Crippen LogP contribution in [0.25, 0.3) is 91.6 Å². The summed E-state index contributed by atoms with van der Waals surface area (Å²) in [5.41, 5.74) is 13.9. The van der Waals surface area contributed by atoms with Crippen molar-refractivity contribution < 1.29 is 4.42 Å². The first-order valence-corrected chi connectivity index (χ1v) is 23.6. The number of nitrogens with zero attached hydrogens (tertiary/aromatic N) is 1. The maximum Gasteiger partial charge on any atom is 0.144 e. The van der Waals surface area contributed by atoms with Crippen LogP contribution >= 0.6 is 11.3 Å². The Labute approximate surface area is 382 Å². The Balaban J connectivity index is 1.00. The molecule has 3 heteroatoms. The summed E-state index contributed by atoms with van der Waals surface area (Å²) < 4.78 is 9.92. The van der Waals surface area contributed by atoms with Crippen molar-refractivity contribution in [2.75, 3.05) is 4.90 Å². The third-order valence-corrected chi connectivity index (χ3v) is 15.6. The van der Waals surface area contributed by atoms with Crippen LogP contribution in [0.5, 0.6) is 0 Å². The molecule has 0 amide bonds. The highest BCUT2D eigenvalue weighted by Crippen LogP contribution is 2.59. The van der Waals surface area contributed by atoms with E-state index in [2.05, 4.69) is 227 Å². The zero-order valence-corrected chi connectivity index (χ0v) is 37.6. The Kier molecular flexibility index (Phi) is 8.35. The topological polar surface area (TPSA) is 16.4 Å². The molecule has 2 aromatic heterocycles. The second-order valence-electron chi connectivity index (χ2n) is 18.4.